The van der Waals surface area contributed by atoms with E-state index in [9.17, 15) is 8.42 Å². The molecule has 0 radical (unpaired) electrons. The first-order chi connectivity index (χ1) is 14.3. The minimum atomic E-state index is -3.81. The van der Waals surface area contributed by atoms with Crippen molar-refractivity contribution in [3.05, 3.63) is 76.8 Å². The zero-order chi connectivity index (χ0) is 21.7. The highest BCUT2D eigenvalue weighted by Gasteiger charge is 2.17. The van der Waals surface area contributed by atoms with Crippen LogP contribution in [0.25, 0.3) is 0 Å². The summed E-state index contributed by atoms with van der Waals surface area (Å²) in [5, 5.41) is 7.00. The fraction of sp³-hybridized carbons (Fsp3) is 0.0500. The van der Waals surface area contributed by atoms with Gasteiger partial charge in [0.1, 0.15) is 5.75 Å². The third-order valence-corrected chi connectivity index (χ3v) is 5.90. The average molecular weight is 482 g/mol. The number of para-hydroxylation sites is 1. The average Bonchev–Trinajstić information content (AvgIpc) is 2.67. The van der Waals surface area contributed by atoms with E-state index in [0.717, 1.165) is 0 Å². The van der Waals surface area contributed by atoms with Gasteiger partial charge in [0.2, 0.25) is 0 Å². The van der Waals surface area contributed by atoms with Crippen molar-refractivity contribution in [3.8, 4) is 5.75 Å². The van der Waals surface area contributed by atoms with Crippen LogP contribution in [0.3, 0.4) is 0 Å². The Labute approximate surface area is 190 Å². The molecule has 0 fully saturated rings. The summed E-state index contributed by atoms with van der Waals surface area (Å²) in [6, 6.07) is 17.9. The van der Waals surface area contributed by atoms with Gasteiger partial charge in [0.15, 0.2) is 5.11 Å². The fourth-order valence-corrected chi connectivity index (χ4v) is 4.42. The van der Waals surface area contributed by atoms with E-state index in [0.29, 0.717) is 32.9 Å². The summed E-state index contributed by atoms with van der Waals surface area (Å²) >= 11 is 17.3. The van der Waals surface area contributed by atoms with Crippen LogP contribution in [0.15, 0.2) is 71.6 Å². The maximum atomic E-state index is 12.7. The predicted octanol–water partition coefficient (Wildman–Crippen LogP) is 5.61. The summed E-state index contributed by atoms with van der Waals surface area (Å²) in [5.74, 6) is 0.418. The molecule has 0 aliphatic rings. The number of sulfonamides is 1. The van der Waals surface area contributed by atoms with Gasteiger partial charge < -0.3 is 15.4 Å². The first-order valence-electron chi connectivity index (χ1n) is 8.57. The summed E-state index contributed by atoms with van der Waals surface area (Å²) in [5.41, 5.74) is 1.41. The van der Waals surface area contributed by atoms with E-state index in [4.69, 9.17) is 40.2 Å². The van der Waals surface area contributed by atoms with Crippen molar-refractivity contribution in [2.45, 2.75) is 4.90 Å². The van der Waals surface area contributed by atoms with E-state index < -0.39 is 10.0 Å². The van der Waals surface area contributed by atoms with Crippen molar-refractivity contribution < 1.29 is 13.2 Å². The van der Waals surface area contributed by atoms with Gasteiger partial charge in [-0.05, 0) is 60.7 Å². The van der Waals surface area contributed by atoms with Gasteiger partial charge in [-0.2, -0.15) is 0 Å². The molecule has 0 atom stereocenters. The van der Waals surface area contributed by atoms with E-state index in [1.54, 1.807) is 54.6 Å². The minimum absolute atomic E-state index is 0.0447. The van der Waals surface area contributed by atoms with Gasteiger partial charge in [-0.15, -0.1) is 0 Å². The lowest BCUT2D eigenvalue weighted by Crippen LogP contribution is -2.20. The molecule has 0 aromatic heterocycles. The summed E-state index contributed by atoms with van der Waals surface area (Å²) < 4.78 is 33.3. The number of hydrogen-bond acceptors (Lipinski definition) is 4. The van der Waals surface area contributed by atoms with Crippen molar-refractivity contribution in [3.63, 3.8) is 0 Å². The Bertz CT molecular complexity index is 1150. The lowest BCUT2D eigenvalue weighted by atomic mass is 10.3. The molecule has 3 aromatic rings. The standard InChI is InChI=1S/C20H17Cl2N3O3S2/c1-28-19-8-7-17(30(26,27)25-15-5-3-2-4-6-15)12-18(19)24-20(29)23-16-10-13(21)9-14(22)11-16/h2-12,25H,1H3,(H2,23,24,29). The highest BCUT2D eigenvalue weighted by atomic mass is 35.5. The fourth-order valence-electron chi connectivity index (χ4n) is 2.58. The lowest BCUT2D eigenvalue weighted by molar-refractivity contribution is 0.416. The normalized spacial score (nSPS) is 10.9. The van der Waals surface area contributed by atoms with Gasteiger partial charge >= 0.3 is 0 Å². The van der Waals surface area contributed by atoms with Crippen LogP contribution in [0.2, 0.25) is 10.0 Å². The maximum absolute atomic E-state index is 12.7. The number of nitrogens with one attached hydrogen (secondary N) is 3. The number of benzene rings is 3. The maximum Gasteiger partial charge on any atom is 0.261 e. The Kier molecular flexibility index (Phi) is 7.04. The van der Waals surface area contributed by atoms with Crippen LogP contribution in [-0.4, -0.2) is 20.6 Å². The molecule has 0 saturated carbocycles. The smallest absolute Gasteiger partial charge is 0.261 e. The lowest BCUT2D eigenvalue weighted by Gasteiger charge is -2.15. The van der Waals surface area contributed by atoms with Crippen molar-refractivity contribution in [1.29, 1.82) is 0 Å². The van der Waals surface area contributed by atoms with Crippen LogP contribution in [0, 0.1) is 0 Å². The number of ether oxygens (including phenoxy) is 1. The highest BCUT2D eigenvalue weighted by molar-refractivity contribution is 7.92. The zero-order valence-electron chi connectivity index (χ0n) is 15.6. The molecule has 10 heteroatoms. The molecule has 0 spiro atoms. The Morgan fingerprint density at radius 3 is 2.20 bits per heavy atom. The van der Waals surface area contributed by atoms with Gasteiger partial charge in [-0.3, -0.25) is 4.72 Å². The second kappa shape index (κ2) is 9.53. The monoisotopic (exact) mass is 481 g/mol. The molecule has 0 unspecified atom stereocenters. The van der Waals surface area contributed by atoms with Gasteiger partial charge in [-0.1, -0.05) is 41.4 Å². The largest absolute Gasteiger partial charge is 0.495 e. The van der Waals surface area contributed by atoms with E-state index in [1.807, 2.05) is 0 Å². The molecular weight excluding hydrogens is 465 g/mol. The van der Waals surface area contributed by atoms with E-state index >= 15 is 0 Å². The van der Waals surface area contributed by atoms with Gasteiger partial charge in [0, 0.05) is 21.4 Å². The molecular formula is C20H17Cl2N3O3S2. The molecule has 3 N–H and O–H groups in total. The first-order valence-corrected chi connectivity index (χ1v) is 11.2. The predicted molar refractivity (Wildman–Crippen MR) is 127 cm³/mol. The Hall–Kier alpha value is -2.52. The van der Waals surface area contributed by atoms with E-state index in [2.05, 4.69) is 15.4 Å². The van der Waals surface area contributed by atoms with Gasteiger partial charge in [0.05, 0.1) is 17.7 Å². The molecule has 156 valence electrons. The van der Waals surface area contributed by atoms with Crippen LogP contribution in [-0.2, 0) is 10.0 Å². The number of halogens is 2. The first kappa shape index (κ1) is 22.2. The summed E-state index contributed by atoms with van der Waals surface area (Å²) in [4.78, 5) is 0.0447. The molecule has 0 aliphatic heterocycles. The molecule has 3 rings (SSSR count). The number of rotatable bonds is 6. The van der Waals surface area contributed by atoms with Crippen LogP contribution in [0.4, 0.5) is 17.1 Å². The molecule has 3 aromatic carbocycles. The second-order valence-electron chi connectivity index (χ2n) is 6.07. The SMILES string of the molecule is COc1ccc(S(=O)(=O)Nc2ccccc2)cc1NC(=S)Nc1cc(Cl)cc(Cl)c1. The topological polar surface area (TPSA) is 79.5 Å². The molecule has 0 saturated heterocycles. The molecule has 30 heavy (non-hydrogen) atoms. The highest BCUT2D eigenvalue weighted by Crippen LogP contribution is 2.29. The molecule has 6 nitrogen and oxygen atoms in total. The number of thiocarbonyl (C=S) groups is 1. The molecule has 0 heterocycles. The second-order valence-corrected chi connectivity index (χ2v) is 9.03. The van der Waals surface area contributed by atoms with Crippen molar-refractivity contribution in [2.75, 3.05) is 22.5 Å². The summed E-state index contributed by atoms with van der Waals surface area (Å²) in [6.45, 7) is 0. The van der Waals surface area contributed by atoms with Gasteiger partial charge in [0.25, 0.3) is 10.0 Å². The van der Waals surface area contributed by atoms with Crippen LogP contribution >= 0.6 is 35.4 Å². The van der Waals surface area contributed by atoms with Gasteiger partial charge in [-0.25, -0.2) is 8.42 Å². The summed E-state index contributed by atoms with van der Waals surface area (Å²) in [7, 11) is -2.33. The minimum Gasteiger partial charge on any atom is -0.495 e. The molecule has 0 bridgehead atoms. The van der Waals surface area contributed by atoms with Crippen molar-refractivity contribution >= 4 is 67.6 Å². The van der Waals surface area contributed by atoms with Crippen molar-refractivity contribution in [1.82, 2.24) is 0 Å². The third-order valence-electron chi connectivity index (χ3n) is 3.88. The Morgan fingerprint density at radius 2 is 1.57 bits per heavy atom. The quantitative estimate of drug-likeness (QED) is 0.397. The van der Waals surface area contributed by atoms with E-state index in [-0.39, 0.29) is 10.0 Å². The summed E-state index contributed by atoms with van der Waals surface area (Å²) in [6.07, 6.45) is 0. The van der Waals surface area contributed by atoms with Crippen LogP contribution in [0.1, 0.15) is 0 Å². The molecule has 0 amide bonds. The number of methoxy groups -OCH3 is 1. The number of hydrogen-bond donors (Lipinski definition) is 3. The third kappa shape index (κ3) is 5.76. The Morgan fingerprint density at radius 1 is 0.900 bits per heavy atom. The zero-order valence-corrected chi connectivity index (χ0v) is 18.8. The Balaban J connectivity index is 1.82. The van der Waals surface area contributed by atoms with Crippen LogP contribution in [0.5, 0.6) is 5.75 Å². The number of anilines is 3. The molecule has 0 aliphatic carbocycles. The van der Waals surface area contributed by atoms with E-state index in [1.165, 1.54) is 19.2 Å². The van der Waals surface area contributed by atoms with Crippen molar-refractivity contribution in [2.24, 2.45) is 0 Å². The van der Waals surface area contributed by atoms with Crippen LogP contribution < -0.4 is 20.1 Å².